The first-order valence-corrected chi connectivity index (χ1v) is 6.97. The van der Waals surface area contributed by atoms with Gasteiger partial charge in [-0.15, -0.1) is 0 Å². The summed E-state index contributed by atoms with van der Waals surface area (Å²) in [7, 11) is 2.05. The maximum atomic E-state index is 12.6. The van der Waals surface area contributed by atoms with E-state index in [0.717, 1.165) is 43.4 Å². The molecule has 0 aromatic heterocycles. The van der Waals surface area contributed by atoms with Crippen LogP contribution < -0.4 is 0 Å². The summed E-state index contributed by atoms with van der Waals surface area (Å²) >= 11 is 0. The second-order valence-electron chi connectivity index (χ2n) is 5.34. The van der Waals surface area contributed by atoms with Crippen LogP contribution in [0.5, 0.6) is 0 Å². The Bertz CT molecular complexity index is 573. The minimum Gasteiger partial charge on any atom is -0.478 e. The molecule has 1 saturated heterocycles. The number of likely N-dealkylation sites (N-methyl/N-ethyl adjacent to an activating group) is 1. The normalized spacial score (nSPS) is 16.4. The fourth-order valence-corrected chi connectivity index (χ4v) is 2.32. The number of rotatable bonds is 3. The van der Waals surface area contributed by atoms with Crippen LogP contribution in [0.25, 0.3) is 6.08 Å². The summed E-state index contributed by atoms with van der Waals surface area (Å²) in [4.78, 5) is 27.2. The number of carboxylic acids is 1. The zero-order valence-corrected chi connectivity index (χ0v) is 12.4. The van der Waals surface area contributed by atoms with Crippen LogP contribution in [0, 0.1) is 6.92 Å². The summed E-state index contributed by atoms with van der Waals surface area (Å²) < 4.78 is 0. The molecule has 1 aromatic rings. The molecule has 1 amide bonds. The Labute approximate surface area is 124 Å². The minimum atomic E-state index is -0.998. The van der Waals surface area contributed by atoms with Crippen molar-refractivity contribution >= 4 is 18.0 Å². The summed E-state index contributed by atoms with van der Waals surface area (Å²) in [6.07, 6.45) is 2.58. The van der Waals surface area contributed by atoms with Crippen molar-refractivity contribution in [2.75, 3.05) is 33.2 Å². The van der Waals surface area contributed by atoms with Crippen LogP contribution in [-0.2, 0) is 4.79 Å². The van der Waals surface area contributed by atoms with Gasteiger partial charge in [0.05, 0.1) is 0 Å². The number of amides is 1. The van der Waals surface area contributed by atoms with Gasteiger partial charge in [0.25, 0.3) is 5.91 Å². The first-order chi connectivity index (χ1) is 9.97. The molecule has 1 aliphatic rings. The van der Waals surface area contributed by atoms with Crippen LogP contribution in [0.15, 0.2) is 24.3 Å². The number of piperazine rings is 1. The molecular formula is C16H20N2O3. The molecule has 0 aliphatic carbocycles. The fourth-order valence-electron chi connectivity index (χ4n) is 2.32. The van der Waals surface area contributed by atoms with Gasteiger partial charge in [0.1, 0.15) is 0 Å². The summed E-state index contributed by atoms with van der Waals surface area (Å²) in [5.74, 6) is -0.978. The van der Waals surface area contributed by atoms with E-state index in [-0.39, 0.29) is 5.91 Å². The molecule has 21 heavy (non-hydrogen) atoms. The molecule has 1 N–H and O–H groups in total. The van der Waals surface area contributed by atoms with Crippen LogP contribution in [-0.4, -0.2) is 60.0 Å². The van der Waals surface area contributed by atoms with E-state index in [2.05, 4.69) is 4.90 Å². The van der Waals surface area contributed by atoms with Gasteiger partial charge in [0.15, 0.2) is 0 Å². The number of carbonyl (C=O) groups excluding carboxylic acids is 1. The van der Waals surface area contributed by atoms with Gasteiger partial charge in [0.2, 0.25) is 0 Å². The lowest BCUT2D eigenvalue weighted by atomic mass is 10.0. The van der Waals surface area contributed by atoms with Gasteiger partial charge in [-0.25, -0.2) is 4.79 Å². The average Bonchev–Trinajstić information content (AvgIpc) is 2.46. The molecule has 112 valence electrons. The highest BCUT2D eigenvalue weighted by Crippen LogP contribution is 2.16. The zero-order chi connectivity index (χ0) is 15.4. The molecule has 1 aromatic carbocycles. The molecule has 1 aliphatic heterocycles. The zero-order valence-electron chi connectivity index (χ0n) is 12.4. The van der Waals surface area contributed by atoms with Gasteiger partial charge in [-0.3, -0.25) is 4.79 Å². The highest BCUT2D eigenvalue weighted by molar-refractivity contribution is 5.96. The minimum absolute atomic E-state index is 0.0196. The maximum absolute atomic E-state index is 12.6. The largest absolute Gasteiger partial charge is 0.478 e. The van der Waals surface area contributed by atoms with E-state index in [1.165, 1.54) is 6.08 Å². The van der Waals surface area contributed by atoms with E-state index in [4.69, 9.17) is 5.11 Å². The summed E-state index contributed by atoms with van der Waals surface area (Å²) in [5.41, 5.74) is 2.28. The summed E-state index contributed by atoms with van der Waals surface area (Å²) in [6, 6.07) is 5.43. The number of carboxylic acid groups (broad SMARTS) is 1. The Morgan fingerprint density at radius 3 is 2.48 bits per heavy atom. The van der Waals surface area contributed by atoms with Gasteiger partial charge < -0.3 is 14.9 Å². The van der Waals surface area contributed by atoms with Crippen molar-refractivity contribution < 1.29 is 14.7 Å². The second-order valence-corrected chi connectivity index (χ2v) is 5.34. The van der Waals surface area contributed by atoms with E-state index in [1.54, 1.807) is 6.07 Å². The monoisotopic (exact) mass is 288 g/mol. The average molecular weight is 288 g/mol. The second kappa shape index (κ2) is 6.54. The van der Waals surface area contributed by atoms with Crippen molar-refractivity contribution in [3.8, 4) is 0 Å². The van der Waals surface area contributed by atoms with Crippen molar-refractivity contribution in [3.05, 3.63) is 41.0 Å². The van der Waals surface area contributed by atoms with Crippen LogP contribution in [0.3, 0.4) is 0 Å². The van der Waals surface area contributed by atoms with Crippen molar-refractivity contribution in [2.45, 2.75) is 6.92 Å². The Kier molecular flexibility index (Phi) is 4.75. The van der Waals surface area contributed by atoms with E-state index in [0.29, 0.717) is 5.56 Å². The lowest BCUT2D eigenvalue weighted by molar-refractivity contribution is -0.131. The highest BCUT2D eigenvalue weighted by Gasteiger charge is 2.21. The Morgan fingerprint density at radius 2 is 1.86 bits per heavy atom. The topological polar surface area (TPSA) is 60.9 Å². The standard InChI is InChI=1S/C16H20N2O3/c1-12-3-4-13(5-6-15(19)20)11-14(12)16(21)18-9-7-17(2)8-10-18/h3-6,11H,7-10H2,1-2H3,(H,19,20). The van der Waals surface area contributed by atoms with Gasteiger partial charge in [0, 0.05) is 37.8 Å². The van der Waals surface area contributed by atoms with Crippen LogP contribution in [0.2, 0.25) is 0 Å². The molecule has 5 nitrogen and oxygen atoms in total. The first kappa shape index (κ1) is 15.3. The maximum Gasteiger partial charge on any atom is 0.328 e. The van der Waals surface area contributed by atoms with Crippen molar-refractivity contribution in [1.29, 1.82) is 0 Å². The molecule has 1 fully saturated rings. The van der Waals surface area contributed by atoms with E-state index >= 15 is 0 Å². The molecular weight excluding hydrogens is 268 g/mol. The van der Waals surface area contributed by atoms with E-state index in [9.17, 15) is 9.59 Å². The SMILES string of the molecule is Cc1ccc(C=CC(=O)O)cc1C(=O)N1CCN(C)CC1. The molecule has 0 atom stereocenters. The molecule has 0 bridgehead atoms. The van der Waals surface area contributed by atoms with Crippen LogP contribution in [0.4, 0.5) is 0 Å². The van der Waals surface area contributed by atoms with Crippen LogP contribution >= 0.6 is 0 Å². The third-order valence-corrected chi connectivity index (χ3v) is 3.70. The number of hydrogen-bond donors (Lipinski definition) is 1. The number of aliphatic carboxylic acids is 1. The molecule has 0 spiro atoms. The van der Waals surface area contributed by atoms with E-state index < -0.39 is 5.97 Å². The molecule has 0 saturated carbocycles. The Balaban J connectivity index is 2.20. The third kappa shape index (κ3) is 3.92. The number of carbonyl (C=O) groups is 2. The highest BCUT2D eigenvalue weighted by atomic mass is 16.4. The number of aryl methyl sites for hydroxylation is 1. The first-order valence-electron chi connectivity index (χ1n) is 6.97. The van der Waals surface area contributed by atoms with E-state index in [1.807, 2.05) is 31.0 Å². The Hall–Kier alpha value is -2.14. The quantitative estimate of drug-likeness (QED) is 0.856. The molecule has 0 unspecified atom stereocenters. The molecule has 2 rings (SSSR count). The van der Waals surface area contributed by atoms with Crippen molar-refractivity contribution in [2.24, 2.45) is 0 Å². The number of benzene rings is 1. The van der Waals surface area contributed by atoms with Crippen molar-refractivity contribution in [1.82, 2.24) is 9.80 Å². The van der Waals surface area contributed by atoms with Crippen molar-refractivity contribution in [3.63, 3.8) is 0 Å². The summed E-state index contributed by atoms with van der Waals surface area (Å²) in [6.45, 7) is 5.11. The van der Waals surface area contributed by atoms with Crippen LogP contribution in [0.1, 0.15) is 21.5 Å². The van der Waals surface area contributed by atoms with Gasteiger partial charge in [-0.1, -0.05) is 12.1 Å². The van der Waals surface area contributed by atoms with Gasteiger partial charge in [-0.2, -0.15) is 0 Å². The molecule has 1 heterocycles. The predicted octanol–water partition coefficient (Wildman–Crippen LogP) is 1.48. The number of nitrogens with zero attached hydrogens (tertiary/aromatic N) is 2. The smallest absolute Gasteiger partial charge is 0.328 e. The fraction of sp³-hybridized carbons (Fsp3) is 0.375. The predicted molar refractivity (Wildman–Crippen MR) is 81.2 cm³/mol. The molecule has 5 heteroatoms. The Morgan fingerprint density at radius 1 is 1.19 bits per heavy atom. The lowest BCUT2D eigenvalue weighted by Gasteiger charge is -2.32. The molecule has 0 radical (unpaired) electrons. The van der Waals surface area contributed by atoms with Gasteiger partial charge >= 0.3 is 5.97 Å². The number of hydrogen-bond acceptors (Lipinski definition) is 3. The third-order valence-electron chi connectivity index (χ3n) is 3.70. The summed E-state index contributed by atoms with van der Waals surface area (Å²) in [5, 5.41) is 8.67. The lowest BCUT2D eigenvalue weighted by Crippen LogP contribution is -2.47. The van der Waals surface area contributed by atoms with Gasteiger partial charge in [-0.05, 0) is 37.2 Å².